The highest BCUT2D eigenvalue weighted by atomic mass is 16.5. The number of carbonyl (C=O) groups is 2. The molecule has 4 aromatic rings. The Morgan fingerprint density at radius 2 is 1.90 bits per heavy atom. The van der Waals surface area contributed by atoms with Crippen LogP contribution in [0.1, 0.15) is 31.5 Å². The first kappa shape index (κ1) is 25.6. The fourth-order valence-electron chi connectivity index (χ4n) is 4.81. The lowest BCUT2D eigenvalue weighted by Crippen LogP contribution is -2.51. The van der Waals surface area contributed by atoms with Crippen molar-refractivity contribution in [3.63, 3.8) is 0 Å². The van der Waals surface area contributed by atoms with E-state index < -0.39 is 6.04 Å². The topological polar surface area (TPSA) is 91.7 Å². The molecule has 0 aliphatic carbocycles. The van der Waals surface area contributed by atoms with Crippen molar-refractivity contribution in [2.45, 2.75) is 32.9 Å². The fraction of sp³-hybridized carbons (Fsp3) is 0.226. The van der Waals surface area contributed by atoms with Gasteiger partial charge < -0.3 is 19.5 Å². The Hall–Kier alpha value is -5.08. The summed E-state index contributed by atoms with van der Waals surface area (Å²) in [6.07, 6.45) is 0.661. The minimum absolute atomic E-state index is 0.0289. The number of fused-ring (bicyclic) bond motifs is 2. The normalized spacial score (nSPS) is 15.4. The zero-order chi connectivity index (χ0) is 27.5. The number of hydrogen-bond donors (Lipinski definition) is 1. The molecule has 0 saturated heterocycles. The van der Waals surface area contributed by atoms with Gasteiger partial charge >= 0.3 is 0 Å². The van der Waals surface area contributed by atoms with Crippen LogP contribution in [0.15, 0.2) is 72.8 Å². The summed E-state index contributed by atoms with van der Waals surface area (Å²) in [7, 11) is 0. The van der Waals surface area contributed by atoms with Gasteiger partial charge in [0, 0.05) is 11.3 Å². The number of para-hydroxylation sites is 4. The number of amides is 2. The molecule has 39 heavy (non-hydrogen) atoms. The van der Waals surface area contributed by atoms with Crippen molar-refractivity contribution in [3.05, 3.63) is 95.5 Å². The first-order valence-corrected chi connectivity index (χ1v) is 12.8. The van der Waals surface area contributed by atoms with Gasteiger partial charge in [-0.05, 0) is 42.3 Å². The molecule has 0 saturated carbocycles. The van der Waals surface area contributed by atoms with Crippen LogP contribution < -0.4 is 15.0 Å². The third kappa shape index (κ3) is 4.69. The summed E-state index contributed by atoms with van der Waals surface area (Å²) in [4.78, 5) is 31.8. The van der Waals surface area contributed by atoms with Gasteiger partial charge in [0.05, 0.1) is 30.0 Å². The van der Waals surface area contributed by atoms with E-state index in [1.807, 2.05) is 62.4 Å². The molecule has 2 heterocycles. The molecule has 0 fully saturated rings. The van der Waals surface area contributed by atoms with Crippen LogP contribution in [0.4, 0.5) is 11.4 Å². The summed E-state index contributed by atoms with van der Waals surface area (Å²) < 4.78 is 7.75. The van der Waals surface area contributed by atoms with Crippen LogP contribution in [0.25, 0.3) is 21.4 Å². The molecule has 8 nitrogen and oxygen atoms in total. The lowest BCUT2D eigenvalue weighted by molar-refractivity contribution is -0.130. The van der Waals surface area contributed by atoms with Crippen molar-refractivity contribution in [2.24, 2.45) is 5.92 Å². The average molecular weight is 518 g/mol. The van der Waals surface area contributed by atoms with Gasteiger partial charge in [-0.25, -0.2) is 4.85 Å². The number of aromatic nitrogens is 1. The summed E-state index contributed by atoms with van der Waals surface area (Å²) in [5.41, 5.74) is 3.63. The van der Waals surface area contributed by atoms with E-state index in [0.717, 1.165) is 16.5 Å². The summed E-state index contributed by atoms with van der Waals surface area (Å²) >= 11 is 0. The van der Waals surface area contributed by atoms with E-state index in [9.17, 15) is 14.9 Å². The Morgan fingerprint density at radius 3 is 2.64 bits per heavy atom. The fourth-order valence-corrected chi connectivity index (χ4v) is 4.81. The summed E-state index contributed by atoms with van der Waals surface area (Å²) in [5, 5.41) is 13.6. The Labute approximate surface area is 226 Å². The summed E-state index contributed by atoms with van der Waals surface area (Å²) in [6.45, 7) is 11.6. The van der Waals surface area contributed by atoms with E-state index in [-0.39, 0.29) is 30.9 Å². The molecule has 0 bridgehead atoms. The second kappa shape index (κ2) is 10.7. The van der Waals surface area contributed by atoms with Crippen LogP contribution in [0.2, 0.25) is 0 Å². The molecule has 1 aliphatic heterocycles. The number of benzene rings is 3. The van der Waals surface area contributed by atoms with E-state index in [0.29, 0.717) is 34.9 Å². The van der Waals surface area contributed by atoms with Gasteiger partial charge in [-0.2, -0.15) is 5.26 Å². The molecule has 5 rings (SSSR count). The number of hydrogen-bond acceptors (Lipinski definition) is 4. The second-order valence-electron chi connectivity index (χ2n) is 9.50. The standard InChI is InChI=1S/C31H27N5O3/c1-4-20(2)30(37)34-25-19-39-29-15-8-7-13-28(29)35(31(25)38)18-21-10-9-14-26-23(21)16-22(17-32)36(26)27-12-6-5-11-24(27)33-3/h5-16,20,25H,4,18-19H2,1-2H3,(H,34,37)/t20-,25+/m1/s1. The Kier molecular flexibility index (Phi) is 7.03. The summed E-state index contributed by atoms with van der Waals surface area (Å²) in [5.74, 6) is -0.138. The van der Waals surface area contributed by atoms with E-state index in [4.69, 9.17) is 11.3 Å². The highest BCUT2D eigenvalue weighted by molar-refractivity contribution is 6.02. The number of nitrogens with zero attached hydrogens (tertiary/aromatic N) is 4. The molecule has 1 aliphatic rings. The smallest absolute Gasteiger partial charge is 0.253 e. The Balaban J connectivity index is 1.59. The van der Waals surface area contributed by atoms with Crippen molar-refractivity contribution < 1.29 is 14.3 Å². The first-order valence-electron chi connectivity index (χ1n) is 12.8. The molecule has 3 aromatic carbocycles. The third-order valence-corrected chi connectivity index (χ3v) is 7.12. The number of ether oxygens (including phenoxy) is 1. The first-order chi connectivity index (χ1) is 19.0. The molecule has 1 N–H and O–H groups in total. The zero-order valence-electron chi connectivity index (χ0n) is 21.7. The lowest BCUT2D eigenvalue weighted by Gasteiger charge is -2.26. The molecule has 0 unspecified atom stereocenters. The number of nitrogens with one attached hydrogen (secondary N) is 1. The van der Waals surface area contributed by atoms with E-state index in [2.05, 4.69) is 16.2 Å². The maximum Gasteiger partial charge on any atom is 0.253 e. The van der Waals surface area contributed by atoms with Gasteiger partial charge in [0.25, 0.3) is 5.91 Å². The molecule has 2 atom stereocenters. The van der Waals surface area contributed by atoms with Gasteiger partial charge in [0.15, 0.2) is 0 Å². The average Bonchev–Trinajstić information content (AvgIpc) is 3.30. The molecule has 8 heteroatoms. The number of anilines is 1. The lowest BCUT2D eigenvalue weighted by atomic mass is 10.1. The SMILES string of the molecule is [C-]#[N+]c1ccccc1-n1c(C#N)cc2c(CN3C(=O)[C@@H](NC(=O)[C@H](C)CC)COc4ccccc43)cccc21. The quantitative estimate of drug-likeness (QED) is 0.342. The van der Waals surface area contributed by atoms with Gasteiger partial charge in [-0.3, -0.25) is 9.59 Å². The molecular formula is C31H27N5O3. The third-order valence-electron chi connectivity index (χ3n) is 7.12. The van der Waals surface area contributed by atoms with Crippen molar-refractivity contribution in [1.82, 2.24) is 9.88 Å². The highest BCUT2D eigenvalue weighted by Crippen LogP contribution is 2.35. The van der Waals surface area contributed by atoms with Crippen LogP contribution in [0.5, 0.6) is 5.75 Å². The van der Waals surface area contributed by atoms with Gasteiger partial charge in [0.1, 0.15) is 30.2 Å². The van der Waals surface area contributed by atoms with Crippen molar-refractivity contribution >= 4 is 34.1 Å². The van der Waals surface area contributed by atoms with Crippen LogP contribution in [-0.2, 0) is 16.1 Å². The molecule has 0 spiro atoms. The van der Waals surface area contributed by atoms with Crippen LogP contribution in [0, 0.1) is 23.8 Å². The van der Waals surface area contributed by atoms with Gasteiger partial charge in [-0.15, -0.1) is 0 Å². The molecule has 2 amide bonds. The maximum absolute atomic E-state index is 13.9. The van der Waals surface area contributed by atoms with Gasteiger partial charge in [0.2, 0.25) is 11.6 Å². The monoisotopic (exact) mass is 517 g/mol. The summed E-state index contributed by atoms with van der Waals surface area (Å²) in [6, 6.07) is 23.4. The minimum atomic E-state index is -0.845. The number of carbonyl (C=O) groups excluding carboxylic acids is 2. The van der Waals surface area contributed by atoms with Crippen LogP contribution >= 0.6 is 0 Å². The Bertz CT molecular complexity index is 1660. The number of rotatable bonds is 6. The van der Waals surface area contributed by atoms with Crippen LogP contribution in [-0.4, -0.2) is 29.0 Å². The van der Waals surface area contributed by atoms with Crippen molar-refractivity contribution in [3.8, 4) is 17.5 Å². The van der Waals surface area contributed by atoms with Crippen molar-refractivity contribution in [2.75, 3.05) is 11.5 Å². The maximum atomic E-state index is 13.9. The minimum Gasteiger partial charge on any atom is -0.489 e. The van der Waals surface area contributed by atoms with E-state index in [1.165, 1.54) is 0 Å². The second-order valence-corrected chi connectivity index (χ2v) is 9.50. The van der Waals surface area contributed by atoms with E-state index >= 15 is 0 Å². The Morgan fingerprint density at radius 1 is 1.15 bits per heavy atom. The molecular weight excluding hydrogens is 490 g/mol. The largest absolute Gasteiger partial charge is 0.489 e. The van der Waals surface area contributed by atoms with E-state index in [1.54, 1.807) is 33.7 Å². The highest BCUT2D eigenvalue weighted by Gasteiger charge is 2.33. The van der Waals surface area contributed by atoms with Crippen LogP contribution in [0.3, 0.4) is 0 Å². The predicted octanol–water partition coefficient (Wildman–Crippen LogP) is 5.51. The van der Waals surface area contributed by atoms with Crippen molar-refractivity contribution in [1.29, 1.82) is 5.26 Å². The predicted molar refractivity (Wildman–Crippen MR) is 149 cm³/mol. The molecule has 194 valence electrons. The zero-order valence-corrected chi connectivity index (χ0v) is 21.7. The number of nitriles is 1. The molecule has 0 radical (unpaired) electrons. The van der Waals surface area contributed by atoms with Gasteiger partial charge in [-0.1, -0.05) is 56.3 Å². The molecule has 1 aromatic heterocycles.